The van der Waals surface area contributed by atoms with Crippen LogP contribution >= 0.6 is 0 Å². The van der Waals surface area contributed by atoms with Crippen LogP contribution in [0.5, 0.6) is 11.5 Å². The third-order valence-electron chi connectivity index (χ3n) is 4.48. The summed E-state index contributed by atoms with van der Waals surface area (Å²) in [5, 5.41) is 0. The zero-order chi connectivity index (χ0) is 16.1. The van der Waals surface area contributed by atoms with Crippen LogP contribution in [-0.4, -0.2) is 38.1 Å². The second-order valence-electron chi connectivity index (χ2n) is 5.99. The van der Waals surface area contributed by atoms with Gasteiger partial charge in [0.15, 0.2) is 0 Å². The van der Waals surface area contributed by atoms with E-state index < -0.39 is 0 Å². The van der Waals surface area contributed by atoms with E-state index in [4.69, 9.17) is 15.2 Å². The highest BCUT2D eigenvalue weighted by molar-refractivity contribution is 5.76. The molecule has 1 aliphatic carbocycles. The lowest BCUT2D eigenvalue weighted by atomic mass is 9.99. The minimum absolute atomic E-state index is 0.139. The quantitative estimate of drug-likeness (QED) is 0.875. The molecule has 0 bridgehead atoms. The van der Waals surface area contributed by atoms with Gasteiger partial charge in [0.25, 0.3) is 0 Å². The number of nitrogens with zero attached hydrogens (tertiary/aromatic N) is 1. The number of benzene rings is 1. The van der Waals surface area contributed by atoms with Crippen molar-refractivity contribution in [2.45, 2.75) is 38.3 Å². The predicted octanol–water partition coefficient (Wildman–Crippen LogP) is 2.18. The van der Waals surface area contributed by atoms with Crippen molar-refractivity contribution in [3.63, 3.8) is 0 Å². The minimum Gasteiger partial charge on any atom is -0.497 e. The van der Waals surface area contributed by atoms with Gasteiger partial charge in [-0.3, -0.25) is 4.79 Å². The molecule has 1 amide bonds. The van der Waals surface area contributed by atoms with Crippen LogP contribution in [0.15, 0.2) is 18.2 Å². The maximum absolute atomic E-state index is 12.4. The number of methoxy groups -OCH3 is 2. The lowest BCUT2D eigenvalue weighted by molar-refractivity contribution is -0.131. The Labute approximate surface area is 132 Å². The smallest absolute Gasteiger partial charge is 0.222 e. The van der Waals surface area contributed by atoms with Gasteiger partial charge in [0.2, 0.25) is 5.91 Å². The summed E-state index contributed by atoms with van der Waals surface area (Å²) >= 11 is 0. The molecule has 2 N–H and O–H groups in total. The highest BCUT2D eigenvalue weighted by Crippen LogP contribution is 2.28. The van der Waals surface area contributed by atoms with Crippen molar-refractivity contribution in [1.29, 1.82) is 0 Å². The van der Waals surface area contributed by atoms with E-state index in [-0.39, 0.29) is 11.9 Å². The van der Waals surface area contributed by atoms with Gasteiger partial charge in [0.1, 0.15) is 11.5 Å². The lowest BCUT2D eigenvalue weighted by Crippen LogP contribution is -2.32. The average molecular weight is 306 g/mol. The van der Waals surface area contributed by atoms with Crippen LogP contribution in [0.4, 0.5) is 0 Å². The summed E-state index contributed by atoms with van der Waals surface area (Å²) in [5.74, 6) is 1.94. The highest BCUT2D eigenvalue weighted by Gasteiger charge is 2.27. The van der Waals surface area contributed by atoms with Crippen molar-refractivity contribution in [3.8, 4) is 11.5 Å². The summed E-state index contributed by atoms with van der Waals surface area (Å²) in [4.78, 5) is 14.1. The first-order chi connectivity index (χ1) is 10.5. The van der Waals surface area contributed by atoms with E-state index in [0.717, 1.165) is 36.3 Å². The largest absolute Gasteiger partial charge is 0.497 e. The first-order valence-electron chi connectivity index (χ1n) is 7.75. The molecule has 1 saturated carbocycles. The van der Waals surface area contributed by atoms with Crippen LogP contribution in [0.2, 0.25) is 0 Å². The molecular weight excluding hydrogens is 280 g/mol. The number of nitrogens with two attached hydrogens (primary N) is 1. The Kier molecular flexibility index (Phi) is 5.66. The van der Waals surface area contributed by atoms with Crippen LogP contribution < -0.4 is 15.2 Å². The molecule has 0 radical (unpaired) electrons. The van der Waals surface area contributed by atoms with Crippen LogP contribution in [-0.2, 0) is 11.3 Å². The first kappa shape index (κ1) is 16.6. The number of carbonyl (C=O) groups excluding carboxylic acids is 1. The van der Waals surface area contributed by atoms with Crippen LogP contribution in [0, 0.1) is 5.92 Å². The maximum atomic E-state index is 12.4. The van der Waals surface area contributed by atoms with Gasteiger partial charge in [-0.2, -0.15) is 0 Å². The van der Waals surface area contributed by atoms with Gasteiger partial charge >= 0.3 is 0 Å². The molecule has 5 heteroatoms. The summed E-state index contributed by atoms with van der Waals surface area (Å²) in [6.07, 6.45) is 3.77. The summed E-state index contributed by atoms with van der Waals surface area (Å²) in [5.41, 5.74) is 7.02. The molecule has 22 heavy (non-hydrogen) atoms. The Bertz CT molecular complexity index is 519. The standard InChI is InChI=1S/C17H26N2O3/c1-19(17(20)9-12-5-4-6-15(12)18)11-13-7-8-14(21-2)10-16(13)22-3/h7-8,10,12,15H,4-6,9,11,18H2,1-3H3/t12-,15+/m0/s1. The molecule has 0 aliphatic heterocycles. The molecule has 2 rings (SSSR count). The molecule has 122 valence electrons. The number of carbonyl (C=O) groups is 1. The fourth-order valence-corrected chi connectivity index (χ4v) is 3.03. The van der Waals surface area contributed by atoms with E-state index in [1.807, 2.05) is 25.2 Å². The molecule has 2 atom stereocenters. The van der Waals surface area contributed by atoms with Crippen molar-refractivity contribution < 1.29 is 14.3 Å². The van der Waals surface area contributed by atoms with Gasteiger partial charge in [0.05, 0.1) is 14.2 Å². The molecule has 0 unspecified atom stereocenters. The summed E-state index contributed by atoms with van der Waals surface area (Å²) in [6, 6.07) is 5.82. The second kappa shape index (κ2) is 7.49. The summed E-state index contributed by atoms with van der Waals surface area (Å²) in [7, 11) is 5.07. The average Bonchev–Trinajstić information content (AvgIpc) is 2.92. The number of amides is 1. The van der Waals surface area contributed by atoms with Crippen molar-refractivity contribution in [2.75, 3.05) is 21.3 Å². The van der Waals surface area contributed by atoms with Crippen molar-refractivity contribution in [3.05, 3.63) is 23.8 Å². The van der Waals surface area contributed by atoms with Crippen molar-refractivity contribution >= 4 is 5.91 Å². The molecule has 0 aromatic heterocycles. The molecule has 1 aromatic carbocycles. The first-order valence-corrected chi connectivity index (χ1v) is 7.75. The molecule has 0 heterocycles. The second-order valence-corrected chi connectivity index (χ2v) is 5.99. The van der Waals surface area contributed by atoms with E-state index in [9.17, 15) is 4.79 Å². The Hall–Kier alpha value is -1.75. The number of ether oxygens (including phenoxy) is 2. The van der Waals surface area contributed by atoms with E-state index in [1.54, 1.807) is 19.1 Å². The van der Waals surface area contributed by atoms with Gasteiger partial charge in [-0.15, -0.1) is 0 Å². The summed E-state index contributed by atoms with van der Waals surface area (Å²) in [6.45, 7) is 0.522. The van der Waals surface area contributed by atoms with Crippen LogP contribution in [0.1, 0.15) is 31.2 Å². The number of hydrogen-bond donors (Lipinski definition) is 1. The normalized spacial score (nSPS) is 20.7. The minimum atomic E-state index is 0.139. The molecule has 0 saturated heterocycles. The third-order valence-corrected chi connectivity index (χ3v) is 4.48. The van der Waals surface area contributed by atoms with Gasteiger partial charge in [-0.25, -0.2) is 0 Å². The van der Waals surface area contributed by atoms with Gasteiger partial charge in [-0.1, -0.05) is 6.42 Å². The third kappa shape index (κ3) is 3.91. The van der Waals surface area contributed by atoms with Crippen molar-refractivity contribution in [2.24, 2.45) is 11.7 Å². The molecular formula is C17H26N2O3. The van der Waals surface area contributed by atoms with Crippen LogP contribution in [0.25, 0.3) is 0 Å². The summed E-state index contributed by atoms with van der Waals surface area (Å²) < 4.78 is 10.6. The Balaban J connectivity index is 1.98. The van der Waals surface area contributed by atoms with Gasteiger partial charge < -0.3 is 20.1 Å². The van der Waals surface area contributed by atoms with Crippen molar-refractivity contribution in [1.82, 2.24) is 4.90 Å². The van der Waals surface area contributed by atoms with Crippen LogP contribution in [0.3, 0.4) is 0 Å². The molecule has 1 aromatic rings. The monoisotopic (exact) mass is 306 g/mol. The maximum Gasteiger partial charge on any atom is 0.222 e. The number of rotatable bonds is 6. The molecule has 1 fully saturated rings. The topological polar surface area (TPSA) is 64.8 Å². The molecule has 5 nitrogen and oxygen atoms in total. The van der Waals surface area contributed by atoms with E-state index in [2.05, 4.69) is 0 Å². The lowest BCUT2D eigenvalue weighted by Gasteiger charge is -2.22. The van der Waals surface area contributed by atoms with E-state index in [1.165, 1.54) is 0 Å². The molecule has 0 spiro atoms. The Morgan fingerprint density at radius 3 is 2.68 bits per heavy atom. The highest BCUT2D eigenvalue weighted by atomic mass is 16.5. The number of hydrogen-bond acceptors (Lipinski definition) is 4. The Morgan fingerprint density at radius 2 is 2.09 bits per heavy atom. The van der Waals surface area contributed by atoms with E-state index >= 15 is 0 Å². The van der Waals surface area contributed by atoms with E-state index in [0.29, 0.717) is 18.9 Å². The predicted molar refractivity (Wildman–Crippen MR) is 86.0 cm³/mol. The van der Waals surface area contributed by atoms with Gasteiger partial charge in [0, 0.05) is 37.7 Å². The fraction of sp³-hybridized carbons (Fsp3) is 0.588. The Morgan fingerprint density at radius 1 is 1.32 bits per heavy atom. The zero-order valence-corrected chi connectivity index (χ0v) is 13.7. The van der Waals surface area contributed by atoms with Gasteiger partial charge in [-0.05, 0) is 30.9 Å². The zero-order valence-electron chi connectivity index (χ0n) is 13.7. The molecule has 1 aliphatic rings. The SMILES string of the molecule is COc1ccc(CN(C)C(=O)C[C@@H]2CCC[C@H]2N)c(OC)c1. The fourth-order valence-electron chi connectivity index (χ4n) is 3.03.